The van der Waals surface area contributed by atoms with Crippen molar-refractivity contribution >= 4 is 43.4 Å². The van der Waals surface area contributed by atoms with Gasteiger partial charge in [-0.2, -0.15) is 0 Å². The molecule has 0 aliphatic rings. The van der Waals surface area contributed by atoms with Crippen molar-refractivity contribution in [1.29, 1.82) is 0 Å². The van der Waals surface area contributed by atoms with Crippen LogP contribution in [0.25, 0.3) is 10.2 Å². The van der Waals surface area contributed by atoms with Crippen LogP contribution in [0.3, 0.4) is 0 Å². The van der Waals surface area contributed by atoms with Crippen LogP contribution in [0.5, 0.6) is 0 Å². The molecule has 142 valence electrons. The molecule has 1 aromatic carbocycles. The van der Waals surface area contributed by atoms with Crippen molar-refractivity contribution in [2.75, 3.05) is 7.05 Å². The number of nitrogens with zero attached hydrogens (tertiary/aromatic N) is 2. The first kappa shape index (κ1) is 19.7. The zero-order valence-electron chi connectivity index (χ0n) is 15.2. The molecule has 1 N–H and O–H groups in total. The van der Waals surface area contributed by atoms with Gasteiger partial charge in [-0.25, -0.2) is 9.37 Å². The molecule has 0 unspecified atom stereocenters. The number of amides is 1. The van der Waals surface area contributed by atoms with E-state index in [0.29, 0.717) is 28.0 Å². The van der Waals surface area contributed by atoms with E-state index in [9.17, 15) is 14.0 Å². The summed E-state index contributed by atoms with van der Waals surface area (Å²) in [6, 6.07) is 4.65. The minimum Gasteiger partial charge on any atom is -0.341 e. The first-order chi connectivity index (χ1) is 12.8. The largest absolute Gasteiger partial charge is 0.341 e. The van der Waals surface area contributed by atoms with Gasteiger partial charge in [0.2, 0.25) is 5.91 Å². The van der Waals surface area contributed by atoms with E-state index in [1.54, 1.807) is 19.2 Å². The van der Waals surface area contributed by atoms with E-state index in [4.69, 9.17) is 0 Å². The maximum atomic E-state index is 13.9. The van der Waals surface area contributed by atoms with Crippen LogP contribution in [-0.2, 0) is 17.8 Å². The van der Waals surface area contributed by atoms with Crippen molar-refractivity contribution in [2.24, 2.45) is 0 Å². The van der Waals surface area contributed by atoms with Crippen molar-refractivity contribution in [1.82, 2.24) is 14.9 Å². The minimum atomic E-state index is -0.349. The second-order valence-electron chi connectivity index (χ2n) is 6.46. The van der Waals surface area contributed by atoms with E-state index in [1.807, 2.05) is 13.8 Å². The van der Waals surface area contributed by atoms with Gasteiger partial charge < -0.3 is 9.88 Å². The zero-order valence-corrected chi connectivity index (χ0v) is 17.6. The standard InChI is InChI=1S/C19H19BrFN3O2S/c1-10-11(2)27-19-17(10)18(26)22-15(23-19)6-7-16(25)24(3)9-12-8-13(20)4-5-14(12)21/h4-5,8H,6-7,9H2,1-3H3,(H,22,23,26). The maximum Gasteiger partial charge on any atom is 0.259 e. The highest BCUT2D eigenvalue weighted by Gasteiger charge is 2.15. The molecule has 5 nitrogen and oxygen atoms in total. The average molecular weight is 452 g/mol. The first-order valence-corrected chi connectivity index (χ1v) is 10.0. The van der Waals surface area contributed by atoms with Crippen LogP contribution in [0.1, 0.15) is 28.2 Å². The molecule has 2 heterocycles. The number of fused-ring (bicyclic) bond motifs is 1. The number of rotatable bonds is 5. The summed E-state index contributed by atoms with van der Waals surface area (Å²) in [4.78, 5) is 35.2. The lowest BCUT2D eigenvalue weighted by Crippen LogP contribution is -2.27. The van der Waals surface area contributed by atoms with E-state index in [-0.39, 0.29) is 30.2 Å². The molecule has 1 amide bonds. The number of halogens is 2. The number of aromatic amines is 1. The van der Waals surface area contributed by atoms with Gasteiger partial charge in [-0.05, 0) is 37.6 Å². The predicted molar refractivity (Wildman–Crippen MR) is 109 cm³/mol. The second kappa shape index (κ2) is 7.90. The van der Waals surface area contributed by atoms with E-state index < -0.39 is 0 Å². The monoisotopic (exact) mass is 451 g/mol. The number of hydrogen-bond acceptors (Lipinski definition) is 4. The summed E-state index contributed by atoms with van der Waals surface area (Å²) in [5.74, 6) is -0.00229. The molecular formula is C19H19BrFN3O2S. The Morgan fingerprint density at radius 2 is 2.11 bits per heavy atom. The van der Waals surface area contributed by atoms with Crippen LogP contribution in [0, 0.1) is 19.7 Å². The Hall–Kier alpha value is -2.06. The summed E-state index contributed by atoms with van der Waals surface area (Å²) in [7, 11) is 1.63. The number of H-pyrrole nitrogens is 1. The summed E-state index contributed by atoms with van der Waals surface area (Å²) >= 11 is 4.79. The SMILES string of the molecule is Cc1sc2nc(CCC(=O)N(C)Cc3cc(Br)ccc3F)[nH]c(=O)c2c1C. The van der Waals surface area contributed by atoms with Gasteiger partial charge in [0.05, 0.1) is 5.39 Å². The Labute approximate surface area is 168 Å². The number of aromatic nitrogens is 2. The number of benzene rings is 1. The molecule has 0 fully saturated rings. The molecule has 0 bridgehead atoms. The van der Waals surface area contributed by atoms with E-state index in [2.05, 4.69) is 25.9 Å². The predicted octanol–water partition coefficient (Wildman–Crippen LogP) is 4.09. The Morgan fingerprint density at radius 3 is 2.85 bits per heavy atom. The third-order valence-electron chi connectivity index (χ3n) is 4.50. The van der Waals surface area contributed by atoms with Gasteiger partial charge in [-0.1, -0.05) is 15.9 Å². The molecule has 0 aliphatic carbocycles. The number of carbonyl (C=O) groups is 1. The van der Waals surface area contributed by atoms with Gasteiger partial charge in [-0.15, -0.1) is 11.3 Å². The van der Waals surface area contributed by atoms with Crippen LogP contribution in [-0.4, -0.2) is 27.8 Å². The summed E-state index contributed by atoms with van der Waals surface area (Å²) in [6.45, 7) is 4.04. The van der Waals surface area contributed by atoms with Crippen LogP contribution in [0.2, 0.25) is 0 Å². The van der Waals surface area contributed by atoms with Gasteiger partial charge in [0.15, 0.2) is 0 Å². The van der Waals surface area contributed by atoms with Crippen molar-refractivity contribution in [3.63, 3.8) is 0 Å². The summed E-state index contributed by atoms with van der Waals surface area (Å²) in [5, 5.41) is 0.620. The van der Waals surface area contributed by atoms with Gasteiger partial charge >= 0.3 is 0 Å². The first-order valence-electron chi connectivity index (χ1n) is 8.43. The van der Waals surface area contributed by atoms with E-state index in [1.165, 1.54) is 22.3 Å². The number of thiophene rings is 1. The molecule has 0 saturated carbocycles. The smallest absolute Gasteiger partial charge is 0.259 e. The number of aryl methyl sites for hydroxylation is 3. The average Bonchev–Trinajstić information content (AvgIpc) is 2.90. The fourth-order valence-corrected chi connectivity index (χ4v) is 4.30. The fourth-order valence-electron chi connectivity index (χ4n) is 2.84. The molecule has 3 rings (SSSR count). The van der Waals surface area contributed by atoms with Crippen LogP contribution >= 0.6 is 27.3 Å². The molecule has 0 spiro atoms. The summed E-state index contributed by atoms with van der Waals surface area (Å²) in [5.41, 5.74) is 1.22. The number of hydrogen-bond donors (Lipinski definition) is 1. The van der Waals surface area contributed by atoms with Crippen molar-refractivity contribution in [2.45, 2.75) is 33.2 Å². The van der Waals surface area contributed by atoms with E-state index >= 15 is 0 Å². The molecule has 2 aromatic heterocycles. The number of carbonyl (C=O) groups excluding carboxylic acids is 1. The van der Waals surface area contributed by atoms with Gasteiger partial charge in [0.1, 0.15) is 16.5 Å². The highest BCUT2D eigenvalue weighted by atomic mass is 79.9. The van der Waals surface area contributed by atoms with Crippen LogP contribution in [0.4, 0.5) is 4.39 Å². The molecule has 0 aliphatic heterocycles. The van der Waals surface area contributed by atoms with Crippen molar-refractivity contribution in [3.05, 3.63) is 60.7 Å². The molecule has 3 aromatic rings. The lowest BCUT2D eigenvalue weighted by molar-refractivity contribution is -0.130. The normalized spacial score (nSPS) is 11.1. The van der Waals surface area contributed by atoms with Crippen molar-refractivity contribution < 1.29 is 9.18 Å². The zero-order chi connectivity index (χ0) is 19.7. The third kappa shape index (κ3) is 4.27. The lowest BCUT2D eigenvalue weighted by atomic mass is 10.2. The third-order valence-corrected chi connectivity index (χ3v) is 6.10. The molecule has 0 saturated heterocycles. The second-order valence-corrected chi connectivity index (χ2v) is 8.58. The Bertz CT molecular complexity index is 1080. The van der Waals surface area contributed by atoms with Crippen LogP contribution < -0.4 is 5.56 Å². The topological polar surface area (TPSA) is 66.1 Å². The lowest BCUT2D eigenvalue weighted by Gasteiger charge is -2.17. The highest BCUT2D eigenvalue weighted by Crippen LogP contribution is 2.25. The molecule has 8 heteroatoms. The Kier molecular flexibility index (Phi) is 5.76. The molecular weight excluding hydrogens is 433 g/mol. The molecule has 27 heavy (non-hydrogen) atoms. The molecule has 0 atom stereocenters. The maximum absolute atomic E-state index is 13.9. The molecule has 0 radical (unpaired) electrons. The van der Waals surface area contributed by atoms with Gasteiger partial charge in [0, 0.05) is 41.3 Å². The Morgan fingerprint density at radius 1 is 1.37 bits per heavy atom. The summed E-state index contributed by atoms with van der Waals surface area (Å²) in [6.07, 6.45) is 0.509. The van der Waals surface area contributed by atoms with Crippen molar-refractivity contribution in [3.8, 4) is 0 Å². The highest BCUT2D eigenvalue weighted by molar-refractivity contribution is 9.10. The summed E-state index contributed by atoms with van der Waals surface area (Å²) < 4.78 is 14.6. The van der Waals surface area contributed by atoms with Gasteiger partial charge in [0.25, 0.3) is 5.56 Å². The quantitative estimate of drug-likeness (QED) is 0.634. The minimum absolute atomic E-state index is 0.143. The van der Waals surface area contributed by atoms with Crippen LogP contribution in [0.15, 0.2) is 27.5 Å². The van der Waals surface area contributed by atoms with E-state index in [0.717, 1.165) is 14.9 Å². The van der Waals surface area contributed by atoms with Gasteiger partial charge in [-0.3, -0.25) is 9.59 Å². The fraction of sp³-hybridized carbons (Fsp3) is 0.316. The Balaban J connectivity index is 1.69. The number of nitrogens with one attached hydrogen (secondary N) is 1.